The smallest absolute Gasteiger partial charge is 0.358 e. The lowest BCUT2D eigenvalue weighted by Crippen LogP contribution is -2.35. The third-order valence-electron chi connectivity index (χ3n) is 3.24. The van der Waals surface area contributed by atoms with Crippen LogP contribution in [0.2, 0.25) is 0 Å². The molecule has 0 bridgehead atoms. The van der Waals surface area contributed by atoms with Gasteiger partial charge in [0.05, 0.1) is 12.3 Å². The summed E-state index contributed by atoms with van der Waals surface area (Å²) < 4.78 is 6.13. The number of likely N-dealkylation sites (tertiary alicyclic amines) is 1. The minimum Gasteiger partial charge on any atom is -0.476 e. The zero-order valence-electron chi connectivity index (χ0n) is 11.6. The maximum absolute atomic E-state index is 12.1. The summed E-state index contributed by atoms with van der Waals surface area (Å²) in [6, 6.07) is 0. The number of carbonyl (C=O) groups excluding carboxylic acids is 2. The van der Waals surface area contributed by atoms with Gasteiger partial charge in [0.2, 0.25) is 5.91 Å². The van der Waals surface area contributed by atoms with Crippen LogP contribution in [-0.4, -0.2) is 63.0 Å². The first-order valence-corrected chi connectivity index (χ1v) is 6.52. The van der Waals surface area contributed by atoms with Crippen molar-refractivity contribution in [2.45, 2.75) is 25.8 Å². The van der Waals surface area contributed by atoms with Crippen molar-refractivity contribution in [2.24, 2.45) is 0 Å². The van der Waals surface area contributed by atoms with E-state index in [1.807, 2.05) is 0 Å². The molecule has 9 nitrogen and oxygen atoms in total. The van der Waals surface area contributed by atoms with Crippen LogP contribution in [0.25, 0.3) is 0 Å². The Morgan fingerprint density at radius 1 is 1.43 bits per heavy atom. The monoisotopic (exact) mass is 296 g/mol. The van der Waals surface area contributed by atoms with Crippen molar-refractivity contribution in [3.05, 3.63) is 11.4 Å². The highest BCUT2D eigenvalue weighted by atomic mass is 16.5. The largest absolute Gasteiger partial charge is 0.476 e. The quantitative estimate of drug-likeness (QED) is 0.739. The minimum atomic E-state index is -1.21. The minimum absolute atomic E-state index is 0.201. The number of imide groups is 1. The first-order valence-electron chi connectivity index (χ1n) is 6.52. The van der Waals surface area contributed by atoms with Crippen molar-refractivity contribution in [3.8, 4) is 0 Å². The fourth-order valence-corrected chi connectivity index (χ4v) is 2.20. The van der Waals surface area contributed by atoms with Gasteiger partial charge >= 0.3 is 5.97 Å². The van der Waals surface area contributed by atoms with Crippen LogP contribution < -0.4 is 0 Å². The van der Waals surface area contributed by atoms with Crippen molar-refractivity contribution < 1.29 is 24.2 Å². The fourth-order valence-electron chi connectivity index (χ4n) is 2.20. The summed E-state index contributed by atoms with van der Waals surface area (Å²) in [7, 11) is 1.49. The number of aromatic nitrogens is 3. The molecule has 0 radical (unpaired) electrons. The summed E-state index contributed by atoms with van der Waals surface area (Å²) in [4.78, 5) is 35.8. The van der Waals surface area contributed by atoms with E-state index in [0.29, 0.717) is 25.1 Å². The van der Waals surface area contributed by atoms with Crippen LogP contribution in [0.3, 0.4) is 0 Å². The lowest BCUT2D eigenvalue weighted by atomic mass is 10.2. The molecule has 1 saturated heterocycles. The summed E-state index contributed by atoms with van der Waals surface area (Å²) in [5.74, 6) is -1.83. The average molecular weight is 296 g/mol. The highest BCUT2D eigenvalue weighted by molar-refractivity contribution is 5.96. The Morgan fingerprint density at radius 3 is 2.76 bits per heavy atom. The first-order chi connectivity index (χ1) is 10.0. The molecule has 1 aromatic heterocycles. The van der Waals surface area contributed by atoms with Gasteiger partial charge in [-0.2, -0.15) is 0 Å². The van der Waals surface area contributed by atoms with E-state index >= 15 is 0 Å². The molecule has 0 aromatic carbocycles. The van der Waals surface area contributed by atoms with Gasteiger partial charge in [0.25, 0.3) is 5.91 Å². The Morgan fingerprint density at radius 2 is 2.19 bits per heavy atom. The molecular weight excluding hydrogens is 280 g/mol. The summed E-state index contributed by atoms with van der Waals surface area (Å²) in [5, 5.41) is 16.3. The first kappa shape index (κ1) is 15.1. The second-order valence-electron chi connectivity index (χ2n) is 4.63. The van der Waals surface area contributed by atoms with Gasteiger partial charge in [0.15, 0.2) is 5.69 Å². The Kier molecular flexibility index (Phi) is 4.63. The van der Waals surface area contributed by atoms with Gasteiger partial charge in [-0.3, -0.25) is 14.5 Å². The molecule has 0 spiro atoms. The molecule has 0 unspecified atom stereocenters. The fraction of sp³-hybridized carbons (Fsp3) is 0.583. The summed E-state index contributed by atoms with van der Waals surface area (Å²) in [6.45, 7) is 0.473. The van der Waals surface area contributed by atoms with Gasteiger partial charge in [0, 0.05) is 26.5 Å². The number of hydrogen-bond donors (Lipinski definition) is 1. The van der Waals surface area contributed by atoms with Crippen LogP contribution in [0.4, 0.5) is 0 Å². The van der Waals surface area contributed by atoms with Crippen molar-refractivity contribution in [1.82, 2.24) is 19.9 Å². The molecule has 2 rings (SSSR count). The maximum Gasteiger partial charge on any atom is 0.358 e. The molecule has 9 heteroatoms. The van der Waals surface area contributed by atoms with Crippen LogP contribution >= 0.6 is 0 Å². The predicted molar refractivity (Wildman–Crippen MR) is 68.5 cm³/mol. The van der Waals surface area contributed by atoms with Crippen molar-refractivity contribution in [1.29, 1.82) is 0 Å². The molecule has 1 aliphatic heterocycles. The summed E-state index contributed by atoms with van der Waals surface area (Å²) in [5.41, 5.74) is 0.108. The number of hydrogen-bond acceptors (Lipinski definition) is 6. The van der Waals surface area contributed by atoms with Gasteiger partial charge in [-0.05, 0) is 6.42 Å². The van der Waals surface area contributed by atoms with E-state index < -0.39 is 11.9 Å². The third-order valence-corrected chi connectivity index (χ3v) is 3.24. The van der Waals surface area contributed by atoms with Gasteiger partial charge < -0.3 is 9.84 Å². The molecule has 21 heavy (non-hydrogen) atoms. The normalized spacial score (nSPS) is 14.7. The van der Waals surface area contributed by atoms with E-state index in [9.17, 15) is 14.4 Å². The number of amides is 2. The van der Waals surface area contributed by atoms with E-state index in [0.717, 1.165) is 0 Å². The molecule has 114 valence electrons. The van der Waals surface area contributed by atoms with E-state index in [2.05, 4.69) is 10.3 Å². The summed E-state index contributed by atoms with van der Waals surface area (Å²) >= 11 is 0. The van der Waals surface area contributed by atoms with Gasteiger partial charge in [-0.25, -0.2) is 9.48 Å². The SMILES string of the molecule is COCCc1c(C(=O)O)nnn1CC(=O)N1CCCC1=O. The number of ether oxygens (including phenoxy) is 1. The Balaban J connectivity index is 2.17. The highest BCUT2D eigenvalue weighted by Crippen LogP contribution is 2.12. The maximum atomic E-state index is 12.1. The van der Waals surface area contributed by atoms with Gasteiger partial charge in [0.1, 0.15) is 6.54 Å². The molecule has 1 fully saturated rings. The number of carboxylic acids is 1. The Hall–Kier alpha value is -2.29. The highest BCUT2D eigenvalue weighted by Gasteiger charge is 2.28. The standard InChI is InChI=1S/C12H16N4O5/c1-21-6-4-8-11(12(19)20)13-14-16(8)7-10(18)15-5-2-3-9(15)17/h2-7H2,1H3,(H,19,20). The van der Waals surface area contributed by atoms with Gasteiger partial charge in [-0.15, -0.1) is 5.10 Å². The van der Waals surface area contributed by atoms with Crippen molar-refractivity contribution in [3.63, 3.8) is 0 Å². The molecule has 0 atom stereocenters. The Labute approximate surface area is 120 Å². The number of aromatic carboxylic acids is 1. The van der Waals surface area contributed by atoms with E-state index in [4.69, 9.17) is 9.84 Å². The second-order valence-corrected chi connectivity index (χ2v) is 4.63. The van der Waals surface area contributed by atoms with Gasteiger partial charge in [-0.1, -0.05) is 5.21 Å². The second kappa shape index (κ2) is 6.44. The van der Waals surface area contributed by atoms with E-state index in [1.54, 1.807) is 0 Å². The van der Waals surface area contributed by atoms with Crippen LogP contribution in [0.15, 0.2) is 0 Å². The number of rotatable bonds is 6. The van der Waals surface area contributed by atoms with Crippen LogP contribution in [0.5, 0.6) is 0 Å². The predicted octanol–water partition coefficient (Wildman–Crippen LogP) is -0.686. The van der Waals surface area contributed by atoms with Crippen molar-refractivity contribution >= 4 is 17.8 Å². The Bertz CT molecular complexity index is 568. The molecular formula is C12H16N4O5. The molecule has 0 aliphatic carbocycles. The number of carbonyl (C=O) groups is 3. The van der Waals surface area contributed by atoms with Crippen LogP contribution in [-0.2, 0) is 27.3 Å². The summed E-state index contributed by atoms with van der Waals surface area (Å²) in [6.07, 6.45) is 1.28. The van der Waals surface area contributed by atoms with E-state index in [1.165, 1.54) is 16.7 Å². The van der Waals surface area contributed by atoms with E-state index in [-0.39, 0.29) is 31.2 Å². The molecule has 1 aromatic rings. The van der Waals surface area contributed by atoms with Crippen LogP contribution in [0.1, 0.15) is 29.0 Å². The lowest BCUT2D eigenvalue weighted by molar-refractivity contribution is -0.142. The molecule has 1 aliphatic rings. The third kappa shape index (κ3) is 3.24. The molecule has 2 heterocycles. The number of carboxylic acid groups (broad SMARTS) is 1. The zero-order valence-corrected chi connectivity index (χ0v) is 11.6. The average Bonchev–Trinajstić information content (AvgIpc) is 3.02. The lowest BCUT2D eigenvalue weighted by Gasteiger charge is -2.14. The molecule has 1 N–H and O–H groups in total. The molecule has 0 saturated carbocycles. The molecule has 2 amide bonds. The topological polar surface area (TPSA) is 115 Å². The van der Waals surface area contributed by atoms with Crippen LogP contribution in [0, 0.1) is 0 Å². The number of nitrogens with zero attached hydrogens (tertiary/aromatic N) is 4. The zero-order chi connectivity index (χ0) is 15.4. The van der Waals surface area contributed by atoms with Crippen molar-refractivity contribution in [2.75, 3.05) is 20.3 Å². The number of methoxy groups -OCH3 is 1.